The average Bonchev–Trinajstić information content (AvgIpc) is 3.77. The van der Waals surface area contributed by atoms with Crippen LogP contribution in [0.3, 0.4) is 0 Å². The van der Waals surface area contributed by atoms with Crippen LogP contribution in [0.2, 0.25) is 0 Å². The van der Waals surface area contributed by atoms with Gasteiger partial charge in [0, 0.05) is 5.56 Å². The van der Waals surface area contributed by atoms with Crippen LogP contribution >= 0.6 is 0 Å². The van der Waals surface area contributed by atoms with Crippen molar-refractivity contribution in [2.45, 2.75) is 44.8 Å². The Morgan fingerprint density at radius 2 is 1.73 bits per heavy atom. The van der Waals surface area contributed by atoms with E-state index >= 15 is 0 Å². The van der Waals surface area contributed by atoms with E-state index in [1.54, 1.807) is 30.3 Å². The zero-order chi connectivity index (χ0) is 29.1. The molecule has 1 fully saturated rings. The first-order valence-electron chi connectivity index (χ1n) is 13.4. The molecular weight excluding hydrogens is 538 g/mol. The fourth-order valence-corrected chi connectivity index (χ4v) is 4.76. The Labute approximate surface area is 235 Å². The van der Waals surface area contributed by atoms with E-state index in [0.717, 1.165) is 31.7 Å². The summed E-state index contributed by atoms with van der Waals surface area (Å²) in [6.07, 6.45) is -1.77. The minimum absolute atomic E-state index is 0.0590. The first-order valence-corrected chi connectivity index (χ1v) is 13.4. The summed E-state index contributed by atoms with van der Waals surface area (Å²) in [7, 11) is 0. The molecule has 1 N–H and O–H groups in total. The summed E-state index contributed by atoms with van der Waals surface area (Å²) in [5.41, 5.74) is 2.10. The van der Waals surface area contributed by atoms with Crippen molar-refractivity contribution < 1.29 is 31.9 Å². The van der Waals surface area contributed by atoms with Gasteiger partial charge in [-0.3, -0.25) is 9.59 Å². The quantitative estimate of drug-likeness (QED) is 0.304. The van der Waals surface area contributed by atoms with E-state index in [4.69, 9.17) is 4.74 Å². The number of carbonyl (C=O) groups is 2. The highest BCUT2D eigenvalue weighted by Gasteiger charge is 2.45. The second-order valence-electron chi connectivity index (χ2n) is 10.5. The number of ether oxygens (including phenoxy) is 1. The predicted octanol–water partition coefficient (Wildman–Crippen LogP) is 6.42. The number of amides is 2. The number of hydrogen-bond donors (Lipinski definition) is 1. The zero-order valence-corrected chi connectivity index (χ0v) is 22.3. The van der Waals surface area contributed by atoms with Gasteiger partial charge in [0.05, 0.1) is 24.1 Å². The SMILES string of the molecule is CC(C(C(=O)Nc1cc(CC2CC2)ccc1F)c1ccc(CN2N=C(c3ccccc3)OCC2=O)cc1)C(F)(F)F. The molecule has 0 radical (unpaired) electrons. The largest absolute Gasteiger partial charge is 0.466 e. The van der Waals surface area contributed by atoms with Gasteiger partial charge in [0.1, 0.15) is 5.82 Å². The molecule has 2 atom stereocenters. The highest BCUT2D eigenvalue weighted by molar-refractivity contribution is 5.98. The lowest BCUT2D eigenvalue weighted by atomic mass is 9.85. The van der Waals surface area contributed by atoms with E-state index < -0.39 is 29.7 Å². The molecule has 6 nitrogen and oxygen atoms in total. The molecule has 1 aliphatic heterocycles. The van der Waals surface area contributed by atoms with Gasteiger partial charge in [-0.25, -0.2) is 9.40 Å². The smallest absolute Gasteiger partial charge is 0.392 e. The molecule has 2 aliphatic rings. The Hall–Kier alpha value is -4.21. The monoisotopic (exact) mass is 567 g/mol. The number of alkyl halides is 3. The standard InChI is InChI=1S/C31H29F4N3O3/c1-19(31(33,34)35)28(29(40)36-26-16-22(11-14-25(26)32)15-20-7-8-20)23-12-9-21(10-13-23)17-38-27(39)18-41-30(37-38)24-5-3-2-4-6-24/h2-6,9-14,16,19-20,28H,7-8,15,17-18H2,1H3,(H,36,40). The number of anilines is 1. The van der Waals surface area contributed by atoms with Gasteiger partial charge in [0.15, 0.2) is 6.61 Å². The van der Waals surface area contributed by atoms with Crippen LogP contribution in [0.5, 0.6) is 0 Å². The van der Waals surface area contributed by atoms with Gasteiger partial charge in [0.25, 0.3) is 5.91 Å². The number of carbonyl (C=O) groups excluding carboxylic acids is 2. The van der Waals surface area contributed by atoms with Gasteiger partial charge in [-0.2, -0.15) is 13.2 Å². The molecule has 5 rings (SSSR count). The Balaban J connectivity index is 1.35. The average molecular weight is 568 g/mol. The van der Waals surface area contributed by atoms with Gasteiger partial charge in [0.2, 0.25) is 11.8 Å². The van der Waals surface area contributed by atoms with Crippen LogP contribution < -0.4 is 5.32 Å². The third-order valence-electron chi connectivity index (χ3n) is 7.33. The lowest BCUT2D eigenvalue weighted by Crippen LogP contribution is -2.36. The topological polar surface area (TPSA) is 71.0 Å². The summed E-state index contributed by atoms with van der Waals surface area (Å²) in [6, 6.07) is 19.4. The maximum absolute atomic E-state index is 14.5. The van der Waals surface area contributed by atoms with E-state index in [1.165, 1.54) is 29.3 Å². The predicted molar refractivity (Wildman–Crippen MR) is 145 cm³/mol. The van der Waals surface area contributed by atoms with Crippen molar-refractivity contribution in [1.29, 1.82) is 0 Å². The molecule has 10 heteroatoms. The molecule has 1 saturated carbocycles. The fraction of sp³-hybridized carbons (Fsp3) is 0.323. The Morgan fingerprint density at radius 3 is 2.39 bits per heavy atom. The van der Waals surface area contributed by atoms with Gasteiger partial charge < -0.3 is 10.1 Å². The summed E-state index contributed by atoms with van der Waals surface area (Å²) in [5, 5.41) is 7.93. The molecule has 2 amide bonds. The van der Waals surface area contributed by atoms with Crippen molar-refractivity contribution >= 4 is 23.4 Å². The van der Waals surface area contributed by atoms with Crippen LogP contribution in [0.15, 0.2) is 77.9 Å². The minimum Gasteiger partial charge on any atom is -0.466 e. The lowest BCUT2D eigenvalue weighted by molar-refractivity contribution is -0.178. The van der Waals surface area contributed by atoms with E-state index in [0.29, 0.717) is 17.0 Å². The molecule has 0 aromatic heterocycles. The maximum Gasteiger partial charge on any atom is 0.392 e. The summed E-state index contributed by atoms with van der Waals surface area (Å²) in [5.74, 6) is -4.89. The molecule has 0 spiro atoms. The second kappa shape index (κ2) is 11.7. The molecule has 1 aliphatic carbocycles. The first kappa shape index (κ1) is 28.3. The highest BCUT2D eigenvalue weighted by Crippen LogP contribution is 2.39. The number of rotatable bonds is 9. The summed E-state index contributed by atoms with van der Waals surface area (Å²) < 4.78 is 61.6. The number of benzene rings is 3. The molecule has 2 unspecified atom stereocenters. The Kier molecular flexibility index (Phi) is 8.10. The molecule has 0 saturated heterocycles. The number of nitrogens with zero attached hydrogens (tertiary/aromatic N) is 2. The molecule has 1 heterocycles. The molecule has 0 bridgehead atoms. The Bertz CT molecular complexity index is 1440. The van der Waals surface area contributed by atoms with E-state index in [9.17, 15) is 27.2 Å². The summed E-state index contributed by atoms with van der Waals surface area (Å²) >= 11 is 0. The van der Waals surface area contributed by atoms with E-state index in [-0.39, 0.29) is 36.2 Å². The van der Waals surface area contributed by atoms with Crippen LogP contribution in [0, 0.1) is 17.7 Å². The van der Waals surface area contributed by atoms with Crippen molar-refractivity contribution in [2.24, 2.45) is 16.9 Å². The minimum atomic E-state index is -4.67. The van der Waals surface area contributed by atoms with Crippen molar-refractivity contribution in [3.05, 3.63) is 101 Å². The zero-order valence-electron chi connectivity index (χ0n) is 22.3. The van der Waals surface area contributed by atoms with Crippen LogP contribution in [0.4, 0.5) is 23.2 Å². The molecular formula is C31H29F4N3O3. The molecule has 3 aromatic carbocycles. The summed E-state index contributed by atoms with van der Waals surface area (Å²) in [6.45, 7) is 0.795. The third-order valence-corrected chi connectivity index (χ3v) is 7.33. The molecule has 214 valence electrons. The van der Waals surface area contributed by atoms with Crippen LogP contribution in [-0.2, 0) is 27.3 Å². The van der Waals surface area contributed by atoms with Gasteiger partial charge in [-0.15, -0.1) is 5.10 Å². The normalized spacial score (nSPS) is 17.0. The van der Waals surface area contributed by atoms with Crippen LogP contribution in [0.25, 0.3) is 0 Å². The third kappa shape index (κ3) is 6.93. The highest BCUT2D eigenvalue weighted by atomic mass is 19.4. The number of halogens is 4. The van der Waals surface area contributed by atoms with Crippen LogP contribution in [-0.4, -0.2) is 35.5 Å². The van der Waals surface area contributed by atoms with Crippen LogP contribution in [0.1, 0.15) is 47.9 Å². The number of hydrazone groups is 1. The maximum atomic E-state index is 14.5. The molecule has 41 heavy (non-hydrogen) atoms. The van der Waals surface area contributed by atoms with Crippen molar-refractivity contribution in [3.63, 3.8) is 0 Å². The van der Waals surface area contributed by atoms with Gasteiger partial charge in [-0.1, -0.05) is 55.5 Å². The number of hydrogen-bond acceptors (Lipinski definition) is 4. The van der Waals surface area contributed by atoms with Crippen molar-refractivity contribution in [3.8, 4) is 0 Å². The van der Waals surface area contributed by atoms with E-state index in [2.05, 4.69) is 10.4 Å². The fourth-order valence-electron chi connectivity index (χ4n) is 4.76. The molecule has 3 aromatic rings. The lowest BCUT2D eigenvalue weighted by Gasteiger charge is -2.26. The number of nitrogens with one attached hydrogen (secondary N) is 1. The van der Waals surface area contributed by atoms with Gasteiger partial charge >= 0.3 is 6.18 Å². The van der Waals surface area contributed by atoms with Gasteiger partial charge in [-0.05, 0) is 66.1 Å². The van der Waals surface area contributed by atoms with Crippen molar-refractivity contribution in [1.82, 2.24) is 5.01 Å². The Morgan fingerprint density at radius 1 is 1.05 bits per heavy atom. The van der Waals surface area contributed by atoms with Crippen molar-refractivity contribution in [2.75, 3.05) is 11.9 Å². The summed E-state index contributed by atoms with van der Waals surface area (Å²) in [4.78, 5) is 25.7. The first-order chi connectivity index (χ1) is 19.6. The van der Waals surface area contributed by atoms with E-state index in [1.807, 2.05) is 18.2 Å². The second-order valence-corrected chi connectivity index (χ2v) is 10.5.